The number of aldehydes is 1. The third kappa shape index (κ3) is 5.29. The summed E-state index contributed by atoms with van der Waals surface area (Å²) < 4.78 is 5.01. The molecule has 0 unspecified atom stereocenters. The Morgan fingerprint density at radius 1 is 1.24 bits per heavy atom. The minimum absolute atomic E-state index is 0. The molecule has 17 heavy (non-hydrogen) atoms. The minimum atomic E-state index is 0. The average Bonchev–Trinajstić information content (AvgIpc) is 2.34. The van der Waals surface area contributed by atoms with Crippen LogP contribution in [0, 0.1) is 0 Å². The van der Waals surface area contributed by atoms with Crippen LogP contribution < -0.4 is 4.74 Å². The molecule has 0 radical (unpaired) electrons. The van der Waals surface area contributed by atoms with Crippen molar-refractivity contribution in [2.24, 2.45) is 0 Å². The monoisotopic (exact) mass is 236 g/mol. The summed E-state index contributed by atoms with van der Waals surface area (Å²) in [4.78, 5) is 21.8. The molecule has 0 heterocycles. The van der Waals surface area contributed by atoms with Crippen LogP contribution in [0.25, 0.3) is 0 Å². The van der Waals surface area contributed by atoms with Crippen molar-refractivity contribution in [3.8, 4) is 5.75 Å². The molecule has 0 saturated carbocycles. The van der Waals surface area contributed by atoms with Crippen LogP contribution in [0.5, 0.6) is 5.75 Å². The number of carbonyl (C=O) groups is 2. The molecule has 0 bridgehead atoms. The Morgan fingerprint density at radius 3 is 2.41 bits per heavy atom. The van der Waals surface area contributed by atoms with Crippen molar-refractivity contribution in [2.75, 3.05) is 7.11 Å². The number of benzene rings is 1. The third-order valence-electron chi connectivity index (χ3n) is 2.39. The van der Waals surface area contributed by atoms with E-state index in [0.29, 0.717) is 18.4 Å². The fourth-order valence-electron chi connectivity index (χ4n) is 1.43. The molecule has 0 fully saturated rings. The summed E-state index contributed by atoms with van der Waals surface area (Å²) in [7, 11) is 1.59. The Hall–Kier alpha value is -1.64. The Morgan fingerprint density at radius 2 is 1.88 bits per heavy atom. The number of methoxy groups -OCH3 is 1. The molecular weight excluding hydrogens is 216 g/mol. The van der Waals surface area contributed by atoms with Crippen molar-refractivity contribution in [2.45, 2.75) is 33.1 Å². The molecule has 0 atom stereocenters. The predicted molar refractivity (Wildman–Crippen MR) is 68.6 cm³/mol. The zero-order chi connectivity index (χ0) is 11.8. The summed E-state index contributed by atoms with van der Waals surface area (Å²) in [5.41, 5.74) is 0.701. The van der Waals surface area contributed by atoms with Crippen LogP contribution in [-0.4, -0.2) is 19.2 Å². The number of hydrogen-bond acceptors (Lipinski definition) is 3. The van der Waals surface area contributed by atoms with Crippen molar-refractivity contribution in [3.63, 3.8) is 0 Å². The number of hydrogen-bond donors (Lipinski definition) is 0. The summed E-state index contributed by atoms with van der Waals surface area (Å²) in [6, 6.07) is 7.08. The lowest BCUT2D eigenvalue weighted by molar-refractivity contribution is -0.107. The van der Waals surface area contributed by atoms with Crippen molar-refractivity contribution in [1.82, 2.24) is 0 Å². The second kappa shape index (κ2) is 8.50. The molecule has 0 aliphatic carbocycles. The molecule has 0 N–H and O–H groups in total. The van der Waals surface area contributed by atoms with Gasteiger partial charge >= 0.3 is 0 Å². The van der Waals surface area contributed by atoms with Gasteiger partial charge in [-0.15, -0.1) is 0 Å². The van der Waals surface area contributed by atoms with E-state index in [1.54, 1.807) is 31.4 Å². The van der Waals surface area contributed by atoms with Gasteiger partial charge in [0.05, 0.1) is 7.11 Å². The first-order valence-electron chi connectivity index (χ1n) is 5.39. The van der Waals surface area contributed by atoms with Crippen LogP contribution in [-0.2, 0) is 4.79 Å². The molecule has 0 spiro atoms. The van der Waals surface area contributed by atoms with E-state index in [1.165, 1.54) is 0 Å². The number of Topliss-reactive ketones (excluding diaryl/α,β-unsaturated/α-hetero) is 1. The van der Waals surface area contributed by atoms with Gasteiger partial charge in [-0.3, -0.25) is 4.79 Å². The molecule has 0 amide bonds. The van der Waals surface area contributed by atoms with Crippen molar-refractivity contribution >= 4 is 12.1 Å². The molecule has 94 valence electrons. The van der Waals surface area contributed by atoms with Gasteiger partial charge in [-0.1, -0.05) is 7.43 Å². The second-order valence-electron chi connectivity index (χ2n) is 3.56. The highest BCUT2D eigenvalue weighted by molar-refractivity contribution is 5.96. The lowest BCUT2D eigenvalue weighted by Crippen LogP contribution is -1.98. The van der Waals surface area contributed by atoms with Crippen LogP contribution in [0.2, 0.25) is 0 Å². The third-order valence-corrected chi connectivity index (χ3v) is 2.39. The van der Waals surface area contributed by atoms with E-state index in [9.17, 15) is 9.59 Å². The smallest absolute Gasteiger partial charge is 0.162 e. The molecule has 1 aromatic carbocycles. The summed E-state index contributed by atoms with van der Waals surface area (Å²) in [6.07, 6.45) is 3.48. The van der Waals surface area contributed by atoms with Crippen LogP contribution in [0.4, 0.5) is 0 Å². The topological polar surface area (TPSA) is 43.4 Å². The fourth-order valence-corrected chi connectivity index (χ4v) is 1.43. The highest BCUT2D eigenvalue weighted by Crippen LogP contribution is 2.13. The molecule has 0 aromatic heterocycles. The van der Waals surface area contributed by atoms with E-state index in [2.05, 4.69) is 0 Å². The van der Waals surface area contributed by atoms with Gasteiger partial charge in [0.25, 0.3) is 0 Å². The Kier molecular flexibility index (Phi) is 7.68. The van der Waals surface area contributed by atoms with E-state index < -0.39 is 0 Å². The van der Waals surface area contributed by atoms with Gasteiger partial charge in [0, 0.05) is 18.4 Å². The second-order valence-corrected chi connectivity index (χ2v) is 3.56. The molecular formula is C14H20O3. The molecule has 0 saturated heterocycles. The molecule has 3 heteroatoms. The normalized spacial score (nSPS) is 9.24. The summed E-state index contributed by atoms with van der Waals surface area (Å²) in [5, 5.41) is 0. The Balaban J connectivity index is 0.00000256. The number of ketones is 1. The lowest BCUT2D eigenvalue weighted by atomic mass is 10.0. The van der Waals surface area contributed by atoms with Crippen molar-refractivity contribution in [3.05, 3.63) is 29.8 Å². The summed E-state index contributed by atoms with van der Waals surface area (Å²) >= 11 is 0. The van der Waals surface area contributed by atoms with Crippen LogP contribution in [0.1, 0.15) is 43.5 Å². The van der Waals surface area contributed by atoms with E-state index >= 15 is 0 Å². The van der Waals surface area contributed by atoms with Gasteiger partial charge in [-0.05, 0) is 37.1 Å². The molecule has 0 aliphatic heterocycles. The van der Waals surface area contributed by atoms with Gasteiger partial charge in [0.2, 0.25) is 0 Å². The van der Waals surface area contributed by atoms with E-state index in [-0.39, 0.29) is 13.2 Å². The first-order chi connectivity index (χ1) is 7.77. The van der Waals surface area contributed by atoms with Gasteiger partial charge in [-0.2, -0.15) is 0 Å². The maximum absolute atomic E-state index is 11.7. The van der Waals surface area contributed by atoms with E-state index in [0.717, 1.165) is 24.9 Å². The number of ether oxygens (including phenoxy) is 1. The van der Waals surface area contributed by atoms with Gasteiger partial charge in [0.1, 0.15) is 12.0 Å². The number of unbranched alkanes of at least 4 members (excludes halogenated alkanes) is 2. The highest BCUT2D eigenvalue weighted by atomic mass is 16.5. The quantitative estimate of drug-likeness (QED) is 0.414. The van der Waals surface area contributed by atoms with Crippen LogP contribution >= 0.6 is 0 Å². The zero-order valence-corrected chi connectivity index (χ0v) is 9.44. The Bertz CT molecular complexity index is 341. The van der Waals surface area contributed by atoms with Crippen molar-refractivity contribution < 1.29 is 14.3 Å². The SMILES string of the molecule is C.COc1ccc(C(=O)CCCCC=O)cc1. The maximum atomic E-state index is 11.7. The largest absolute Gasteiger partial charge is 0.497 e. The summed E-state index contributed by atoms with van der Waals surface area (Å²) in [5.74, 6) is 0.867. The van der Waals surface area contributed by atoms with Crippen LogP contribution in [0.15, 0.2) is 24.3 Å². The predicted octanol–water partition coefficient (Wildman–Crippen LogP) is 3.27. The lowest BCUT2D eigenvalue weighted by Gasteiger charge is -2.02. The number of rotatable bonds is 7. The van der Waals surface area contributed by atoms with Crippen molar-refractivity contribution in [1.29, 1.82) is 0 Å². The summed E-state index contributed by atoms with van der Waals surface area (Å²) in [6.45, 7) is 0. The van der Waals surface area contributed by atoms with E-state index in [4.69, 9.17) is 4.74 Å². The molecule has 0 aliphatic rings. The Labute approximate surface area is 103 Å². The highest BCUT2D eigenvalue weighted by Gasteiger charge is 2.05. The van der Waals surface area contributed by atoms with Gasteiger partial charge in [0.15, 0.2) is 5.78 Å². The maximum Gasteiger partial charge on any atom is 0.162 e. The van der Waals surface area contributed by atoms with Gasteiger partial charge in [-0.25, -0.2) is 0 Å². The molecule has 3 nitrogen and oxygen atoms in total. The molecule has 1 aromatic rings. The van der Waals surface area contributed by atoms with E-state index in [1.807, 2.05) is 0 Å². The first-order valence-corrected chi connectivity index (χ1v) is 5.39. The standard InChI is InChI=1S/C13H16O3.CH4/c1-16-12-8-6-11(7-9-12)13(15)5-3-2-4-10-14;/h6-10H,2-5H2,1H3;1H4. The molecule has 1 rings (SSSR count). The average molecular weight is 236 g/mol. The van der Waals surface area contributed by atoms with Crippen LogP contribution in [0.3, 0.4) is 0 Å². The number of carbonyl (C=O) groups excluding carboxylic acids is 2. The fraction of sp³-hybridized carbons (Fsp3) is 0.429. The first kappa shape index (κ1) is 15.4. The zero-order valence-electron chi connectivity index (χ0n) is 9.44. The minimum Gasteiger partial charge on any atom is -0.497 e. The van der Waals surface area contributed by atoms with Gasteiger partial charge < -0.3 is 9.53 Å².